The highest BCUT2D eigenvalue weighted by molar-refractivity contribution is 5.91. The molecule has 0 unspecified atom stereocenters. The van der Waals surface area contributed by atoms with Gasteiger partial charge < -0.3 is 49.8 Å². The Morgan fingerprint density at radius 3 is 0.861 bits per heavy atom. The molecule has 0 aromatic heterocycles. The topological polar surface area (TPSA) is 389 Å². The summed E-state index contributed by atoms with van der Waals surface area (Å²) in [7, 11) is 20.7. The maximum absolute atomic E-state index is 12.2. The summed E-state index contributed by atoms with van der Waals surface area (Å²) in [6, 6.07) is -2.82. The van der Waals surface area contributed by atoms with Crippen LogP contribution in [0, 0.1) is 0 Å². The van der Waals surface area contributed by atoms with Gasteiger partial charge >= 0.3 is 30.2 Å². The molecule has 40 nitrogen and oxygen atoms in total. The molecule has 0 saturated carbocycles. The third-order valence-electron chi connectivity index (χ3n) is 19.0. The number of nitrogens with zero attached hydrogens (tertiary/aromatic N) is 13. The number of urea groups is 5. The fourth-order valence-electron chi connectivity index (χ4n) is 12.9. The predicted octanol–water partition coefficient (Wildman–Crippen LogP) is -2.39. The van der Waals surface area contributed by atoms with Gasteiger partial charge in [0.1, 0.15) is 30.2 Å². The number of fused-ring (bicyclic) bond motifs is 10. The van der Waals surface area contributed by atoms with Crippen molar-refractivity contribution in [3.8, 4) is 0 Å². The number of piperidine rings is 5. The van der Waals surface area contributed by atoms with Gasteiger partial charge in [-0.15, -0.1) is 0 Å². The number of nitrogens with one attached hydrogen (secondary N) is 7. The minimum absolute atomic E-state index is 0.0433. The Morgan fingerprint density at radius 1 is 0.386 bits per heavy atom. The monoisotopic (exact) mass is 1440 g/mol. The van der Waals surface area contributed by atoms with Gasteiger partial charge in [-0.05, 0) is 134 Å². The first-order valence-electron chi connectivity index (χ1n) is 34.4. The van der Waals surface area contributed by atoms with Gasteiger partial charge in [-0.2, -0.15) is 25.3 Å². The molecule has 7 N–H and O–H groups in total. The highest BCUT2D eigenvalue weighted by atomic mass is 16.7. The summed E-state index contributed by atoms with van der Waals surface area (Å²) in [5.41, 5.74) is 12.1. The van der Waals surface area contributed by atoms with Crippen LogP contribution in [-0.4, -0.2) is 374 Å². The lowest BCUT2D eigenvalue weighted by atomic mass is 10.0. The number of carbonyl (C=O) groups is 10. The van der Waals surface area contributed by atoms with Crippen molar-refractivity contribution in [3.05, 3.63) is 0 Å². The maximum Gasteiger partial charge on any atom is 0.345 e. The Balaban J connectivity index is 0.000000199. The van der Waals surface area contributed by atoms with Gasteiger partial charge in [0.25, 0.3) is 29.5 Å². The second-order valence-electron chi connectivity index (χ2n) is 26.5. The van der Waals surface area contributed by atoms with Crippen LogP contribution in [0.2, 0.25) is 0 Å². The number of amides is 15. The average Bonchev–Trinajstić information content (AvgIpc) is 1.68. The molecule has 40 heteroatoms. The Morgan fingerprint density at radius 2 is 0.634 bits per heavy atom. The van der Waals surface area contributed by atoms with E-state index in [-0.39, 0.29) is 95.9 Å². The molecule has 0 aromatic rings. The first-order valence-corrected chi connectivity index (χ1v) is 34.4. The van der Waals surface area contributed by atoms with Gasteiger partial charge in [-0.3, -0.25) is 72.3 Å². The molecule has 10 heterocycles. The van der Waals surface area contributed by atoms with E-state index in [4.69, 9.17) is 48.4 Å². The van der Waals surface area contributed by atoms with Crippen molar-refractivity contribution in [2.45, 2.75) is 157 Å². The summed E-state index contributed by atoms with van der Waals surface area (Å²) in [6.07, 6.45) is 6.88. The van der Waals surface area contributed by atoms with Gasteiger partial charge in [0.2, 0.25) is 0 Å². The molecule has 10 aliphatic heterocycles. The number of rotatable bonds is 31. The van der Waals surface area contributed by atoms with Crippen LogP contribution in [0.5, 0.6) is 0 Å². The Bertz CT molecular complexity index is 2650. The summed E-state index contributed by atoms with van der Waals surface area (Å²) < 4.78 is 0. The second kappa shape index (κ2) is 40.8. The van der Waals surface area contributed by atoms with Crippen LogP contribution in [0.4, 0.5) is 24.0 Å². The number of hydrogen-bond donors (Lipinski definition) is 7. The molecule has 101 heavy (non-hydrogen) atoms. The minimum atomic E-state index is -0.483. The first-order chi connectivity index (χ1) is 48.3. The third kappa shape index (κ3) is 22.1. The predicted molar refractivity (Wildman–Crippen MR) is 357 cm³/mol. The van der Waals surface area contributed by atoms with E-state index < -0.39 is 30.2 Å². The van der Waals surface area contributed by atoms with Crippen LogP contribution >= 0.6 is 0 Å². The van der Waals surface area contributed by atoms with Crippen molar-refractivity contribution in [3.63, 3.8) is 0 Å². The van der Waals surface area contributed by atoms with Crippen LogP contribution in [0.15, 0.2) is 0 Å². The zero-order valence-electron chi connectivity index (χ0n) is 61.4. The zero-order valence-corrected chi connectivity index (χ0v) is 61.4. The van der Waals surface area contributed by atoms with Crippen LogP contribution in [0.25, 0.3) is 0 Å². The quantitative estimate of drug-likeness (QED) is 0.0281. The minimum Gasteiger partial charge on any atom is -0.317 e. The van der Waals surface area contributed by atoms with E-state index in [1.807, 2.05) is 59.0 Å². The highest BCUT2D eigenvalue weighted by Crippen LogP contribution is 2.34. The van der Waals surface area contributed by atoms with Gasteiger partial charge in [-0.25, -0.2) is 51.4 Å². The summed E-state index contributed by atoms with van der Waals surface area (Å²) in [5, 5.41) is 12.6. The fourth-order valence-corrected chi connectivity index (χ4v) is 12.9. The third-order valence-corrected chi connectivity index (χ3v) is 19.0. The number of hydroxylamine groups is 15. The molecule has 10 aliphatic rings. The van der Waals surface area contributed by atoms with Gasteiger partial charge in [-0.1, -0.05) is 0 Å². The van der Waals surface area contributed by atoms with Crippen molar-refractivity contribution in [2.24, 2.45) is 0 Å². The Kier molecular flexibility index (Phi) is 33.6. The van der Waals surface area contributed by atoms with Crippen molar-refractivity contribution >= 4 is 59.7 Å². The molecule has 0 aliphatic carbocycles. The van der Waals surface area contributed by atoms with Crippen LogP contribution < -0.4 is 38.0 Å². The normalized spacial score (nSPS) is 25.6. The molecule has 0 aromatic carbocycles. The summed E-state index contributed by atoms with van der Waals surface area (Å²) in [6.45, 7) is 13.6. The van der Waals surface area contributed by atoms with Crippen molar-refractivity contribution in [2.75, 3.05) is 177 Å². The molecule has 15 amide bonds. The van der Waals surface area contributed by atoms with Crippen molar-refractivity contribution in [1.82, 2.24) is 103 Å². The highest BCUT2D eigenvalue weighted by Gasteiger charge is 2.52. The number of likely N-dealkylation sites (N-methyl/N-ethyl adjacent to an activating group) is 5. The van der Waals surface area contributed by atoms with Gasteiger partial charge in [0, 0.05) is 71.0 Å². The van der Waals surface area contributed by atoms with E-state index >= 15 is 0 Å². The lowest BCUT2D eigenvalue weighted by Crippen LogP contribution is -2.50. The largest absolute Gasteiger partial charge is 0.345 e. The van der Waals surface area contributed by atoms with E-state index in [0.717, 1.165) is 38.6 Å². The Hall–Kier alpha value is -6.90. The lowest BCUT2D eigenvalue weighted by molar-refractivity contribution is -0.139. The van der Waals surface area contributed by atoms with E-state index in [1.54, 1.807) is 21.7 Å². The molecule has 11 atom stereocenters. The van der Waals surface area contributed by atoms with E-state index in [9.17, 15) is 47.9 Å². The van der Waals surface area contributed by atoms with Crippen molar-refractivity contribution < 1.29 is 96.3 Å². The van der Waals surface area contributed by atoms with Crippen LogP contribution in [0.1, 0.15) is 85.0 Å². The fraction of sp³-hybridized carbons (Fsp3) is 0.836. The maximum atomic E-state index is 12.2. The molecule has 0 spiro atoms. The van der Waals surface area contributed by atoms with Crippen LogP contribution in [0.3, 0.4) is 0 Å². The van der Waals surface area contributed by atoms with E-state index in [0.29, 0.717) is 124 Å². The van der Waals surface area contributed by atoms with Gasteiger partial charge in [0.15, 0.2) is 0 Å². The molecule has 576 valence electrons. The van der Waals surface area contributed by atoms with Gasteiger partial charge in [0.05, 0.1) is 98.8 Å². The molecule has 10 rings (SSSR count). The van der Waals surface area contributed by atoms with Crippen molar-refractivity contribution in [1.29, 1.82) is 0 Å². The SMILES string of the molecule is CNCCONC(=O)[C@@H]1CC[C@@H]2CN1C(=O)N2OC.CN[C@@H](C)CONC(=O)[C@@H]1CC[C@@H]2CN1C(=O)N2OC.CON1C(=O)N2C[C@H]1CC[C@H]2C(=O)NOCCN(C)C.CON1C(=O)N2C[C@H]1CC[C@H]2C(=O)NOCCN(C)C.CON1C(=O)N2C[C@H]1CC[C@H]2C(=O)NOCCN(C)C(C)C. The lowest BCUT2D eigenvalue weighted by Gasteiger charge is -2.29. The summed E-state index contributed by atoms with van der Waals surface area (Å²) >= 11 is 0. The molecular formula is C61H112N20O20. The molecule has 10 bridgehead atoms. The standard InChI is InChI=1S/C14H26N4O4.3C12H22N4O4.C11H20N4O4/c1-10(2)16(3)7-8-22-15-13(19)12-6-5-11-9-17(12)14(20)18(11)21-4;1-8(13-2)7-20-14-11(17)10-5-4-9-6-15(10)12(18)16(9)19-3;2*1-14(2)6-7-20-13-11(17)10-5-4-9-8-15(10)12(18)16(9)19-3;1-12-5-6-19-13-10(16)9-4-3-8-7-14(9)11(17)15(8)18-2/h10-12H,5-9H2,1-4H3,(H,15,19);8-10,13H,4-7H2,1-3H3,(H,14,17);2*9-10H,4-8H2,1-3H3,(H,13,17);8-9,12H,3-7H2,1-2H3,(H,13,16)/t11-,12+;8-,9+,10-;2*9-,10+;8-,9+/m10111/s1. The molecule has 0 radical (unpaired) electrons. The smallest absolute Gasteiger partial charge is 0.317 e. The number of hydrogen-bond acceptors (Lipinski definition) is 25. The average molecular weight is 1450 g/mol. The van der Waals surface area contributed by atoms with E-state index in [1.165, 1.54) is 70.7 Å². The Labute approximate surface area is 591 Å². The first kappa shape index (κ1) is 83.1. The molecule has 10 saturated heterocycles. The number of carbonyl (C=O) groups excluding carboxylic acids is 10. The molecule has 10 fully saturated rings. The second-order valence-corrected chi connectivity index (χ2v) is 26.5. The van der Waals surface area contributed by atoms with Crippen LogP contribution in [-0.2, 0) is 72.3 Å². The zero-order chi connectivity index (χ0) is 74.2. The summed E-state index contributed by atoms with van der Waals surface area (Å²) in [4.78, 5) is 185. The molecular weight excluding hydrogens is 1330 g/mol. The summed E-state index contributed by atoms with van der Waals surface area (Å²) in [5.74, 6) is -1.36. The van der Waals surface area contributed by atoms with E-state index in [2.05, 4.69) is 56.8 Å².